The van der Waals surface area contributed by atoms with Crippen LogP contribution in [0.2, 0.25) is 0 Å². The largest absolute Gasteiger partial charge is 0.480 e. The van der Waals surface area contributed by atoms with E-state index in [0.717, 1.165) is 25.9 Å². The summed E-state index contributed by atoms with van der Waals surface area (Å²) in [5, 5.41) is 21.7. The Labute approximate surface area is 106 Å². The molecule has 6 heteroatoms. The van der Waals surface area contributed by atoms with Crippen LogP contribution in [0.5, 0.6) is 0 Å². The minimum atomic E-state index is -1.03. The average molecular weight is 256 g/mol. The maximum absolute atomic E-state index is 12.0. The van der Waals surface area contributed by atoms with Gasteiger partial charge in [-0.2, -0.15) is 0 Å². The molecule has 0 bridgehead atoms. The Hall–Kier alpha value is -1.14. The van der Waals surface area contributed by atoms with Crippen molar-refractivity contribution in [2.24, 2.45) is 5.92 Å². The predicted molar refractivity (Wildman–Crippen MR) is 64.0 cm³/mol. The fourth-order valence-electron chi connectivity index (χ4n) is 2.76. The van der Waals surface area contributed by atoms with Crippen molar-refractivity contribution in [2.75, 3.05) is 19.6 Å². The second-order valence-corrected chi connectivity index (χ2v) is 5.19. The summed E-state index contributed by atoms with van der Waals surface area (Å²) in [5.41, 5.74) is 0. The van der Waals surface area contributed by atoms with Gasteiger partial charge in [-0.25, -0.2) is 4.79 Å². The fraction of sp³-hybridized carbons (Fsp3) is 0.833. The van der Waals surface area contributed by atoms with Crippen molar-refractivity contribution < 1.29 is 19.8 Å². The van der Waals surface area contributed by atoms with Crippen molar-refractivity contribution in [1.29, 1.82) is 0 Å². The second-order valence-electron chi connectivity index (χ2n) is 5.19. The lowest BCUT2D eigenvalue weighted by atomic mass is 10.0. The smallest absolute Gasteiger partial charge is 0.326 e. The van der Waals surface area contributed by atoms with Gasteiger partial charge in [-0.15, -0.1) is 0 Å². The van der Waals surface area contributed by atoms with Gasteiger partial charge in [-0.3, -0.25) is 4.79 Å². The van der Waals surface area contributed by atoms with E-state index in [4.69, 9.17) is 5.11 Å². The summed E-state index contributed by atoms with van der Waals surface area (Å²) < 4.78 is 0. The van der Waals surface area contributed by atoms with Gasteiger partial charge in [0.1, 0.15) is 6.04 Å². The highest BCUT2D eigenvalue weighted by Gasteiger charge is 2.38. The molecule has 102 valence electrons. The third kappa shape index (κ3) is 3.00. The monoisotopic (exact) mass is 256 g/mol. The number of rotatable bonds is 4. The maximum Gasteiger partial charge on any atom is 0.326 e. The van der Waals surface area contributed by atoms with E-state index >= 15 is 0 Å². The van der Waals surface area contributed by atoms with Gasteiger partial charge in [0.25, 0.3) is 0 Å². The van der Waals surface area contributed by atoms with E-state index in [1.165, 1.54) is 4.90 Å². The molecule has 6 nitrogen and oxygen atoms in total. The van der Waals surface area contributed by atoms with Crippen molar-refractivity contribution in [2.45, 2.75) is 37.8 Å². The lowest BCUT2D eigenvalue weighted by Gasteiger charge is -2.21. The molecule has 2 unspecified atom stereocenters. The standard InChI is InChI=1S/C12H20N2O4/c15-9-5-10(12(17)18)14(7-9)11(16)2-1-8-3-4-13-6-8/h8-10,13,15H,1-7H2,(H,17,18)/t8?,9?,10-/m0/s1. The number of nitrogens with one attached hydrogen (secondary N) is 1. The zero-order valence-corrected chi connectivity index (χ0v) is 10.3. The number of carboxylic acid groups (broad SMARTS) is 1. The molecule has 18 heavy (non-hydrogen) atoms. The number of aliphatic hydroxyl groups excluding tert-OH is 1. The third-order valence-corrected chi connectivity index (χ3v) is 3.81. The number of β-amino-alcohol motifs (C(OH)–C–C–N with tert-alkyl or cyclic N) is 1. The summed E-state index contributed by atoms with van der Waals surface area (Å²) in [6, 6.07) is -0.853. The van der Waals surface area contributed by atoms with Crippen molar-refractivity contribution in [3.8, 4) is 0 Å². The molecular formula is C12H20N2O4. The van der Waals surface area contributed by atoms with Gasteiger partial charge in [0.05, 0.1) is 6.10 Å². The van der Waals surface area contributed by atoms with Crippen LogP contribution in [-0.2, 0) is 9.59 Å². The maximum atomic E-state index is 12.0. The number of likely N-dealkylation sites (tertiary alicyclic amines) is 1. The number of aliphatic hydroxyl groups is 1. The highest BCUT2D eigenvalue weighted by molar-refractivity contribution is 5.84. The molecule has 0 aromatic carbocycles. The van der Waals surface area contributed by atoms with Crippen LogP contribution in [0, 0.1) is 5.92 Å². The molecule has 2 heterocycles. The highest BCUT2D eigenvalue weighted by atomic mass is 16.4. The lowest BCUT2D eigenvalue weighted by Crippen LogP contribution is -2.40. The molecular weight excluding hydrogens is 236 g/mol. The van der Waals surface area contributed by atoms with E-state index in [1.54, 1.807) is 0 Å². The van der Waals surface area contributed by atoms with Gasteiger partial charge < -0.3 is 20.4 Å². The number of hydrogen-bond acceptors (Lipinski definition) is 4. The summed E-state index contributed by atoms with van der Waals surface area (Å²) >= 11 is 0. The normalized spacial score (nSPS) is 31.8. The second kappa shape index (κ2) is 5.67. The number of nitrogens with zero attached hydrogens (tertiary/aromatic N) is 1. The molecule has 1 amide bonds. The van der Waals surface area contributed by atoms with E-state index in [9.17, 15) is 14.7 Å². The summed E-state index contributed by atoms with van der Waals surface area (Å²) in [4.78, 5) is 24.3. The van der Waals surface area contributed by atoms with Crippen LogP contribution in [0.4, 0.5) is 0 Å². The van der Waals surface area contributed by atoms with Crippen LogP contribution in [-0.4, -0.2) is 58.8 Å². The number of aliphatic carboxylic acids is 1. The molecule has 2 aliphatic rings. The first-order chi connectivity index (χ1) is 8.58. The molecule has 0 radical (unpaired) electrons. The first-order valence-corrected chi connectivity index (χ1v) is 6.49. The number of carbonyl (C=O) groups is 2. The van der Waals surface area contributed by atoms with E-state index in [-0.39, 0.29) is 18.9 Å². The molecule has 0 spiro atoms. The summed E-state index contributed by atoms with van der Waals surface area (Å²) in [6.07, 6.45) is 1.70. The topological polar surface area (TPSA) is 89.9 Å². The average Bonchev–Trinajstić information content (AvgIpc) is 2.94. The molecule has 2 aliphatic heterocycles. The quantitative estimate of drug-likeness (QED) is 0.626. The van der Waals surface area contributed by atoms with Crippen LogP contribution in [0.3, 0.4) is 0 Å². The fourth-order valence-corrected chi connectivity index (χ4v) is 2.76. The lowest BCUT2D eigenvalue weighted by molar-refractivity contribution is -0.148. The van der Waals surface area contributed by atoms with Gasteiger partial charge in [0.2, 0.25) is 5.91 Å². The van der Waals surface area contributed by atoms with Gasteiger partial charge in [-0.05, 0) is 31.8 Å². The Kier molecular flexibility index (Phi) is 4.19. The Bertz CT molecular complexity index is 328. The van der Waals surface area contributed by atoms with Crippen molar-refractivity contribution >= 4 is 11.9 Å². The molecule has 0 aliphatic carbocycles. The van der Waals surface area contributed by atoms with Crippen molar-refractivity contribution in [1.82, 2.24) is 10.2 Å². The molecule has 0 saturated carbocycles. The van der Waals surface area contributed by atoms with Crippen LogP contribution >= 0.6 is 0 Å². The SMILES string of the molecule is O=C(O)[C@@H]1CC(O)CN1C(=O)CCC1CCNC1. The number of hydrogen-bond donors (Lipinski definition) is 3. The Morgan fingerprint density at radius 3 is 2.78 bits per heavy atom. The van der Waals surface area contributed by atoms with E-state index < -0.39 is 18.1 Å². The molecule has 0 aromatic rings. The molecule has 2 saturated heterocycles. The van der Waals surface area contributed by atoms with Crippen LogP contribution in [0.15, 0.2) is 0 Å². The minimum Gasteiger partial charge on any atom is -0.480 e. The van der Waals surface area contributed by atoms with Crippen LogP contribution < -0.4 is 5.32 Å². The Morgan fingerprint density at radius 2 is 2.17 bits per heavy atom. The molecule has 3 N–H and O–H groups in total. The zero-order chi connectivity index (χ0) is 13.1. The number of carboxylic acids is 1. The molecule has 3 atom stereocenters. The van der Waals surface area contributed by atoms with Gasteiger partial charge in [-0.1, -0.05) is 0 Å². The molecule has 2 rings (SSSR count). The van der Waals surface area contributed by atoms with Crippen molar-refractivity contribution in [3.05, 3.63) is 0 Å². The predicted octanol–water partition coefficient (Wildman–Crippen LogP) is -0.577. The number of amides is 1. The van der Waals surface area contributed by atoms with E-state index in [2.05, 4.69) is 5.32 Å². The minimum absolute atomic E-state index is 0.145. The first-order valence-electron chi connectivity index (χ1n) is 6.49. The third-order valence-electron chi connectivity index (χ3n) is 3.81. The van der Waals surface area contributed by atoms with Gasteiger partial charge >= 0.3 is 5.97 Å². The summed E-state index contributed by atoms with van der Waals surface area (Å²) in [6.45, 7) is 2.09. The van der Waals surface area contributed by atoms with E-state index in [0.29, 0.717) is 12.3 Å². The van der Waals surface area contributed by atoms with Crippen LogP contribution in [0.1, 0.15) is 25.7 Å². The first kappa shape index (κ1) is 13.3. The molecule has 2 fully saturated rings. The van der Waals surface area contributed by atoms with E-state index in [1.807, 2.05) is 0 Å². The summed E-state index contributed by atoms with van der Waals surface area (Å²) in [7, 11) is 0. The Balaban J connectivity index is 1.85. The van der Waals surface area contributed by atoms with Crippen LogP contribution in [0.25, 0.3) is 0 Å². The zero-order valence-electron chi connectivity index (χ0n) is 10.3. The number of carbonyl (C=O) groups excluding carboxylic acids is 1. The van der Waals surface area contributed by atoms with Gasteiger partial charge in [0, 0.05) is 19.4 Å². The Morgan fingerprint density at radius 1 is 1.39 bits per heavy atom. The molecule has 0 aromatic heterocycles. The summed E-state index contributed by atoms with van der Waals surface area (Å²) in [5.74, 6) is -0.655. The van der Waals surface area contributed by atoms with Gasteiger partial charge in [0.15, 0.2) is 0 Å². The highest BCUT2D eigenvalue weighted by Crippen LogP contribution is 2.21. The van der Waals surface area contributed by atoms with Crippen molar-refractivity contribution in [3.63, 3.8) is 0 Å².